The fourth-order valence-corrected chi connectivity index (χ4v) is 3.91. The zero-order valence-electron chi connectivity index (χ0n) is 16.3. The number of amides is 3. The molecule has 8 heteroatoms. The van der Waals surface area contributed by atoms with Crippen molar-refractivity contribution in [1.82, 2.24) is 20.4 Å². The molecule has 2 rings (SSSR count). The van der Waals surface area contributed by atoms with E-state index >= 15 is 0 Å². The number of carbonyl (C=O) groups is 3. The highest BCUT2D eigenvalue weighted by Crippen LogP contribution is 2.25. The maximum atomic E-state index is 12.7. The van der Waals surface area contributed by atoms with Crippen molar-refractivity contribution in [3.8, 4) is 0 Å². The minimum atomic E-state index is -0.0172. The van der Waals surface area contributed by atoms with Crippen molar-refractivity contribution in [2.75, 3.05) is 39.8 Å². The van der Waals surface area contributed by atoms with Crippen molar-refractivity contribution < 1.29 is 14.4 Å². The molecule has 0 bridgehead atoms. The summed E-state index contributed by atoms with van der Waals surface area (Å²) < 4.78 is 0. The van der Waals surface area contributed by atoms with Crippen molar-refractivity contribution in [1.29, 1.82) is 0 Å². The first kappa shape index (κ1) is 22.7. The number of halogens is 1. The van der Waals surface area contributed by atoms with Gasteiger partial charge in [0.1, 0.15) is 0 Å². The Labute approximate surface area is 162 Å². The van der Waals surface area contributed by atoms with Crippen molar-refractivity contribution in [2.45, 2.75) is 39.7 Å². The van der Waals surface area contributed by atoms with Crippen LogP contribution in [0.5, 0.6) is 0 Å². The van der Waals surface area contributed by atoms with Crippen LogP contribution in [0.25, 0.3) is 0 Å². The molecule has 0 aromatic rings. The van der Waals surface area contributed by atoms with Crippen molar-refractivity contribution >= 4 is 30.1 Å². The van der Waals surface area contributed by atoms with Crippen molar-refractivity contribution in [2.24, 2.45) is 17.8 Å². The van der Waals surface area contributed by atoms with E-state index in [-0.39, 0.29) is 42.1 Å². The fraction of sp³-hybridized carbons (Fsp3) is 0.833. The highest BCUT2D eigenvalue weighted by Gasteiger charge is 2.37. The predicted octanol–water partition coefficient (Wildman–Crippen LogP) is 0.485. The van der Waals surface area contributed by atoms with E-state index in [1.165, 1.54) is 0 Å². The normalized spacial score (nSPS) is 24.3. The first-order valence-corrected chi connectivity index (χ1v) is 9.30. The van der Waals surface area contributed by atoms with Gasteiger partial charge in [-0.1, -0.05) is 13.8 Å². The van der Waals surface area contributed by atoms with E-state index in [1.54, 1.807) is 18.9 Å². The molecule has 0 spiro atoms. The summed E-state index contributed by atoms with van der Waals surface area (Å²) in [5.41, 5.74) is 0. The zero-order valence-corrected chi connectivity index (χ0v) is 17.1. The molecule has 2 aliphatic heterocycles. The molecule has 0 aromatic heterocycles. The Hall–Kier alpha value is -1.34. The van der Waals surface area contributed by atoms with E-state index in [4.69, 9.17) is 0 Å². The van der Waals surface area contributed by atoms with Gasteiger partial charge in [-0.15, -0.1) is 12.4 Å². The van der Waals surface area contributed by atoms with Crippen LogP contribution in [0.15, 0.2) is 0 Å². The van der Waals surface area contributed by atoms with E-state index in [1.807, 2.05) is 0 Å². The molecular weight excluding hydrogens is 356 g/mol. The van der Waals surface area contributed by atoms with Crippen LogP contribution in [-0.2, 0) is 14.4 Å². The molecule has 2 saturated heterocycles. The molecule has 0 saturated carbocycles. The van der Waals surface area contributed by atoms with Crippen LogP contribution >= 0.6 is 12.4 Å². The molecule has 0 aromatic carbocycles. The lowest BCUT2D eigenvalue weighted by Gasteiger charge is -2.32. The van der Waals surface area contributed by atoms with Crippen LogP contribution < -0.4 is 10.6 Å². The number of nitrogens with one attached hydrogen (secondary N) is 2. The summed E-state index contributed by atoms with van der Waals surface area (Å²) in [6, 6.07) is 0.0861. The van der Waals surface area contributed by atoms with Crippen LogP contribution in [0.2, 0.25) is 0 Å². The third kappa shape index (κ3) is 5.84. The van der Waals surface area contributed by atoms with Crippen molar-refractivity contribution in [3.05, 3.63) is 0 Å². The maximum Gasteiger partial charge on any atom is 0.233 e. The molecule has 26 heavy (non-hydrogen) atoms. The zero-order chi connectivity index (χ0) is 18.6. The average Bonchev–Trinajstić information content (AvgIpc) is 2.97. The van der Waals surface area contributed by atoms with Crippen LogP contribution in [-0.4, -0.2) is 73.3 Å². The number of carbonyl (C=O) groups excluding carboxylic acids is 3. The largest absolute Gasteiger partial charge is 0.358 e. The van der Waals surface area contributed by atoms with Gasteiger partial charge in [0.15, 0.2) is 0 Å². The Morgan fingerprint density at radius 1 is 1.12 bits per heavy atom. The Bertz CT molecular complexity index is 507. The van der Waals surface area contributed by atoms with E-state index in [0.29, 0.717) is 38.0 Å². The average molecular weight is 389 g/mol. The second kappa shape index (κ2) is 10.1. The van der Waals surface area contributed by atoms with Gasteiger partial charge >= 0.3 is 0 Å². The first-order valence-electron chi connectivity index (χ1n) is 9.30. The van der Waals surface area contributed by atoms with E-state index in [0.717, 1.165) is 19.4 Å². The molecule has 2 N–H and O–H groups in total. The summed E-state index contributed by atoms with van der Waals surface area (Å²) in [4.78, 5) is 39.6. The topological polar surface area (TPSA) is 81.8 Å². The number of rotatable bonds is 5. The Kier molecular flexibility index (Phi) is 8.83. The maximum absolute atomic E-state index is 12.7. The molecule has 2 fully saturated rings. The quantitative estimate of drug-likeness (QED) is 0.718. The fourth-order valence-electron chi connectivity index (χ4n) is 3.91. The standard InChI is InChI=1S/C18H32N4O3.ClH/c1-12(2)15-9-21(11-17(24)19-4)10-16(15)20-18(25)14-5-7-22(8-6-14)13(3)23;/h12,14-16H,5-11H2,1-4H3,(H,19,24)(H,20,25);1H/t15-,16+;/m1./s1. The summed E-state index contributed by atoms with van der Waals surface area (Å²) in [6.45, 7) is 9.16. The van der Waals surface area contributed by atoms with Gasteiger partial charge in [0.2, 0.25) is 17.7 Å². The molecule has 7 nitrogen and oxygen atoms in total. The van der Waals surface area contributed by atoms with Crippen LogP contribution in [0.3, 0.4) is 0 Å². The lowest BCUT2D eigenvalue weighted by molar-refractivity contribution is -0.134. The number of likely N-dealkylation sites (tertiary alicyclic amines) is 2. The van der Waals surface area contributed by atoms with E-state index in [2.05, 4.69) is 29.4 Å². The van der Waals surface area contributed by atoms with Crippen molar-refractivity contribution in [3.63, 3.8) is 0 Å². The first-order chi connectivity index (χ1) is 11.8. The summed E-state index contributed by atoms with van der Waals surface area (Å²) in [6.07, 6.45) is 1.46. The van der Waals surface area contributed by atoms with Gasteiger partial charge in [-0.25, -0.2) is 0 Å². The lowest BCUT2D eigenvalue weighted by atomic mass is 9.90. The Balaban J connectivity index is 0.00000338. The molecular formula is C18H33ClN4O3. The molecule has 2 atom stereocenters. The summed E-state index contributed by atoms with van der Waals surface area (Å²) in [5.74, 6) is 0.966. The van der Waals surface area contributed by atoms with Gasteiger partial charge in [-0.3, -0.25) is 19.3 Å². The molecule has 2 aliphatic rings. The Morgan fingerprint density at radius 3 is 2.23 bits per heavy atom. The van der Waals surface area contributed by atoms with E-state index in [9.17, 15) is 14.4 Å². The highest BCUT2D eigenvalue weighted by atomic mass is 35.5. The smallest absolute Gasteiger partial charge is 0.233 e. The van der Waals surface area contributed by atoms with Gasteiger partial charge in [-0.2, -0.15) is 0 Å². The molecule has 3 amide bonds. The minimum Gasteiger partial charge on any atom is -0.358 e. The van der Waals surface area contributed by atoms with Gasteiger partial charge in [0.25, 0.3) is 0 Å². The second-order valence-electron chi connectivity index (χ2n) is 7.67. The van der Waals surface area contributed by atoms with Crippen LogP contribution in [0, 0.1) is 17.8 Å². The number of likely N-dealkylation sites (N-methyl/N-ethyl adjacent to an activating group) is 1. The number of piperidine rings is 1. The third-order valence-corrected chi connectivity index (χ3v) is 5.58. The minimum absolute atomic E-state index is 0. The van der Waals surface area contributed by atoms with Gasteiger partial charge in [0, 0.05) is 52.1 Å². The number of nitrogens with zero attached hydrogens (tertiary/aromatic N) is 2. The third-order valence-electron chi connectivity index (χ3n) is 5.58. The molecule has 0 unspecified atom stereocenters. The monoisotopic (exact) mass is 388 g/mol. The lowest BCUT2D eigenvalue weighted by Crippen LogP contribution is -2.48. The SMILES string of the molecule is CNC(=O)CN1C[C@H](NC(=O)C2CCN(C(C)=O)CC2)[C@@H](C(C)C)C1.Cl. The number of hydrogen-bond donors (Lipinski definition) is 2. The van der Waals surface area contributed by atoms with Gasteiger partial charge in [0.05, 0.1) is 6.54 Å². The summed E-state index contributed by atoms with van der Waals surface area (Å²) in [7, 11) is 1.64. The van der Waals surface area contributed by atoms with Gasteiger partial charge < -0.3 is 15.5 Å². The molecule has 2 heterocycles. The molecule has 150 valence electrons. The predicted molar refractivity (Wildman–Crippen MR) is 103 cm³/mol. The van der Waals surface area contributed by atoms with E-state index < -0.39 is 0 Å². The molecule has 0 radical (unpaired) electrons. The van der Waals surface area contributed by atoms with Crippen LogP contribution in [0.1, 0.15) is 33.6 Å². The second-order valence-corrected chi connectivity index (χ2v) is 7.67. The Morgan fingerprint density at radius 2 is 1.73 bits per heavy atom. The summed E-state index contributed by atoms with van der Waals surface area (Å²) >= 11 is 0. The van der Waals surface area contributed by atoms with Crippen LogP contribution in [0.4, 0.5) is 0 Å². The number of hydrogen-bond acceptors (Lipinski definition) is 4. The highest BCUT2D eigenvalue weighted by molar-refractivity contribution is 5.85. The molecule has 0 aliphatic carbocycles. The summed E-state index contributed by atoms with van der Waals surface area (Å²) in [5, 5.41) is 5.89. The van der Waals surface area contributed by atoms with Gasteiger partial charge in [-0.05, 0) is 24.7 Å².